The largest absolute Gasteiger partial charge is 0.461 e. The van der Waals surface area contributed by atoms with Crippen LogP contribution in [0.2, 0.25) is 0 Å². The number of rotatable bonds is 5. The summed E-state index contributed by atoms with van der Waals surface area (Å²) in [7, 11) is 0. The fraction of sp³-hybridized carbons (Fsp3) is 0.211. The van der Waals surface area contributed by atoms with E-state index < -0.39 is 16.3 Å². The molecule has 0 bridgehead atoms. The molecular formula is C19H17ClN2O4. The molecule has 2 atom stereocenters. The van der Waals surface area contributed by atoms with Crippen LogP contribution in [0.25, 0.3) is 0 Å². The first-order chi connectivity index (χ1) is 12.5. The highest BCUT2D eigenvalue weighted by Gasteiger charge is 2.39. The van der Waals surface area contributed by atoms with Crippen LogP contribution in [0.4, 0.5) is 11.4 Å². The Balaban J connectivity index is 2.05. The van der Waals surface area contributed by atoms with Crippen molar-refractivity contribution in [3.63, 3.8) is 0 Å². The van der Waals surface area contributed by atoms with Crippen molar-refractivity contribution >= 4 is 28.9 Å². The molecule has 0 saturated heterocycles. The Hall–Kier alpha value is -2.86. The van der Waals surface area contributed by atoms with Crippen LogP contribution < -0.4 is 4.90 Å². The molecule has 6 nitrogen and oxygen atoms in total. The van der Waals surface area contributed by atoms with Crippen LogP contribution in [-0.2, 0) is 9.53 Å². The van der Waals surface area contributed by atoms with Gasteiger partial charge in [0, 0.05) is 17.8 Å². The number of nitrogens with zero attached hydrogens (tertiary/aromatic N) is 2. The molecule has 0 radical (unpaired) electrons. The van der Waals surface area contributed by atoms with Crippen molar-refractivity contribution < 1.29 is 14.5 Å². The number of halogens is 1. The number of carbonyl (C=O) groups is 1. The zero-order chi connectivity index (χ0) is 18.7. The van der Waals surface area contributed by atoms with E-state index in [9.17, 15) is 14.9 Å². The van der Waals surface area contributed by atoms with Crippen molar-refractivity contribution in [2.45, 2.75) is 18.3 Å². The second-order valence-electron chi connectivity index (χ2n) is 5.72. The quantitative estimate of drug-likeness (QED) is 0.340. The molecule has 1 heterocycles. The number of hydrogen-bond donors (Lipinski definition) is 0. The summed E-state index contributed by atoms with van der Waals surface area (Å²) in [5, 5.41) is 10.5. The average molecular weight is 373 g/mol. The molecule has 0 amide bonds. The first kappa shape index (κ1) is 17.9. The Morgan fingerprint density at radius 3 is 2.42 bits per heavy atom. The standard InChI is InChI=1S/C19H17ClN2O4/c1-2-26-19(23)17-12-16(20)18(13-6-4-3-5-7-13)21(17)14-8-10-15(11-9-14)22(24)25/h3-12,16,18H,2H2,1H3/t16-,18+/m1/s1. The molecule has 0 aromatic heterocycles. The zero-order valence-electron chi connectivity index (χ0n) is 14.0. The SMILES string of the molecule is CCOC(=O)C1=C[C@@H](Cl)[C@H](c2ccccc2)N1c1ccc([N+](=O)[O-])cc1. The molecule has 0 aliphatic carbocycles. The van der Waals surface area contributed by atoms with Crippen LogP contribution in [0.15, 0.2) is 66.4 Å². The minimum atomic E-state index is -0.477. The van der Waals surface area contributed by atoms with E-state index in [-0.39, 0.29) is 18.3 Å². The predicted molar refractivity (Wildman–Crippen MR) is 99.1 cm³/mol. The number of nitro groups is 1. The molecular weight excluding hydrogens is 356 g/mol. The van der Waals surface area contributed by atoms with Crippen molar-refractivity contribution in [2.75, 3.05) is 11.5 Å². The summed E-state index contributed by atoms with van der Waals surface area (Å²) in [4.78, 5) is 24.7. The van der Waals surface area contributed by atoms with Gasteiger partial charge in [-0.05, 0) is 30.7 Å². The first-order valence-corrected chi connectivity index (χ1v) is 8.58. The summed E-state index contributed by atoms with van der Waals surface area (Å²) in [6.07, 6.45) is 1.67. The molecule has 0 unspecified atom stereocenters. The third-order valence-corrected chi connectivity index (χ3v) is 4.49. The summed E-state index contributed by atoms with van der Waals surface area (Å²) in [6, 6.07) is 15.3. The highest BCUT2D eigenvalue weighted by molar-refractivity contribution is 6.23. The zero-order valence-corrected chi connectivity index (χ0v) is 14.8. The third kappa shape index (κ3) is 3.41. The molecule has 26 heavy (non-hydrogen) atoms. The van der Waals surface area contributed by atoms with Gasteiger partial charge in [-0.15, -0.1) is 11.6 Å². The lowest BCUT2D eigenvalue weighted by atomic mass is 10.0. The fourth-order valence-corrected chi connectivity index (χ4v) is 3.38. The van der Waals surface area contributed by atoms with Gasteiger partial charge in [-0.2, -0.15) is 0 Å². The van der Waals surface area contributed by atoms with Crippen molar-refractivity contribution in [1.29, 1.82) is 0 Å². The van der Waals surface area contributed by atoms with Crippen molar-refractivity contribution in [3.05, 3.63) is 82.0 Å². The lowest BCUT2D eigenvalue weighted by Gasteiger charge is -2.30. The maximum atomic E-state index is 12.4. The topological polar surface area (TPSA) is 72.7 Å². The number of anilines is 1. The normalized spacial score (nSPS) is 19.2. The van der Waals surface area contributed by atoms with Crippen LogP contribution >= 0.6 is 11.6 Å². The van der Waals surface area contributed by atoms with E-state index in [4.69, 9.17) is 16.3 Å². The van der Waals surface area contributed by atoms with Crippen molar-refractivity contribution in [1.82, 2.24) is 0 Å². The van der Waals surface area contributed by atoms with E-state index in [1.807, 2.05) is 30.3 Å². The van der Waals surface area contributed by atoms with E-state index >= 15 is 0 Å². The molecule has 1 aliphatic rings. The number of ether oxygens (including phenoxy) is 1. The van der Waals surface area contributed by atoms with Gasteiger partial charge < -0.3 is 9.64 Å². The summed E-state index contributed by atoms with van der Waals surface area (Å²) >= 11 is 6.54. The monoisotopic (exact) mass is 372 g/mol. The average Bonchev–Trinajstić information content (AvgIpc) is 3.00. The van der Waals surface area contributed by atoms with Crippen LogP contribution in [0, 0.1) is 10.1 Å². The Labute approximate surface area is 155 Å². The number of hydrogen-bond acceptors (Lipinski definition) is 5. The smallest absolute Gasteiger partial charge is 0.354 e. The second-order valence-corrected chi connectivity index (χ2v) is 6.22. The Morgan fingerprint density at radius 1 is 1.19 bits per heavy atom. The molecule has 2 aromatic rings. The maximum Gasteiger partial charge on any atom is 0.354 e. The lowest BCUT2D eigenvalue weighted by molar-refractivity contribution is -0.384. The Morgan fingerprint density at radius 2 is 1.85 bits per heavy atom. The molecule has 134 valence electrons. The first-order valence-electron chi connectivity index (χ1n) is 8.14. The van der Waals surface area contributed by atoms with Crippen LogP contribution in [0.3, 0.4) is 0 Å². The Kier molecular flexibility index (Phi) is 5.23. The van der Waals surface area contributed by atoms with Gasteiger partial charge in [0.1, 0.15) is 5.70 Å². The maximum absolute atomic E-state index is 12.4. The van der Waals surface area contributed by atoms with Crippen LogP contribution in [0.1, 0.15) is 18.5 Å². The molecule has 2 aromatic carbocycles. The van der Waals surface area contributed by atoms with Crippen molar-refractivity contribution in [2.24, 2.45) is 0 Å². The van der Waals surface area contributed by atoms with E-state index in [1.165, 1.54) is 12.1 Å². The number of carbonyl (C=O) groups excluding carboxylic acids is 1. The lowest BCUT2D eigenvalue weighted by Crippen LogP contribution is -2.30. The summed E-state index contributed by atoms with van der Waals surface area (Å²) < 4.78 is 5.16. The minimum absolute atomic E-state index is 0.0201. The predicted octanol–water partition coefficient (Wildman–Crippen LogP) is 4.21. The fourth-order valence-electron chi connectivity index (χ4n) is 3.00. The minimum Gasteiger partial charge on any atom is -0.461 e. The highest BCUT2D eigenvalue weighted by Crippen LogP contribution is 2.42. The number of nitro benzene ring substituents is 1. The van der Waals surface area contributed by atoms with Gasteiger partial charge in [0.15, 0.2) is 0 Å². The highest BCUT2D eigenvalue weighted by atomic mass is 35.5. The second kappa shape index (κ2) is 7.58. The molecule has 3 rings (SSSR count). The van der Waals surface area contributed by atoms with Gasteiger partial charge in [0.05, 0.1) is 22.9 Å². The molecule has 7 heteroatoms. The number of esters is 1. The van der Waals surface area contributed by atoms with Crippen molar-refractivity contribution in [3.8, 4) is 0 Å². The van der Waals surface area contributed by atoms with E-state index in [2.05, 4.69) is 0 Å². The molecule has 0 saturated carbocycles. The van der Waals surface area contributed by atoms with Crippen LogP contribution in [-0.4, -0.2) is 22.9 Å². The summed E-state index contributed by atoms with van der Waals surface area (Å²) in [6.45, 7) is 1.98. The van der Waals surface area contributed by atoms with Gasteiger partial charge in [-0.3, -0.25) is 10.1 Å². The van der Waals surface area contributed by atoms with Gasteiger partial charge in [-0.25, -0.2) is 4.79 Å². The van der Waals surface area contributed by atoms with Gasteiger partial charge in [0.25, 0.3) is 5.69 Å². The van der Waals surface area contributed by atoms with Crippen LogP contribution in [0.5, 0.6) is 0 Å². The van der Waals surface area contributed by atoms with E-state index in [0.717, 1.165) is 5.56 Å². The van der Waals surface area contributed by atoms with Gasteiger partial charge in [0.2, 0.25) is 0 Å². The number of alkyl halides is 1. The van der Waals surface area contributed by atoms with Gasteiger partial charge >= 0.3 is 5.97 Å². The Bertz CT molecular complexity index is 836. The number of benzene rings is 2. The summed E-state index contributed by atoms with van der Waals surface area (Å²) in [5.41, 5.74) is 1.87. The van der Waals surface area contributed by atoms with Gasteiger partial charge in [-0.1, -0.05) is 30.3 Å². The third-order valence-electron chi connectivity index (χ3n) is 4.12. The van der Waals surface area contributed by atoms with E-state index in [0.29, 0.717) is 11.4 Å². The van der Waals surface area contributed by atoms with E-state index in [1.54, 1.807) is 30.0 Å². The molecule has 0 fully saturated rings. The molecule has 0 N–H and O–H groups in total. The number of non-ortho nitro benzene ring substituents is 1. The molecule has 1 aliphatic heterocycles. The molecule has 0 spiro atoms. The summed E-state index contributed by atoms with van der Waals surface area (Å²) in [5.74, 6) is -0.477.